The van der Waals surface area contributed by atoms with Crippen molar-refractivity contribution in [1.29, 1.82) is 0 Å². The first kappa shape index (κ1) is 18.9. The van der Waals surface area contributed by atoms with E-state index >= 15 is 0 Å². The van der Waals surface area contributed by atoms with Crippen LogP contribution in [0.2, 0.25) is 0 Å². The van der Waals surface area contributed by atoms with Crippen LogP contribution in [-0.4, -0.2) is 48.9 Å². The number of benzene rings is 1. The molecule has 0 aromatic heterocycles. The molecule has 2 aliphatic heterocycles. The molecule has 0 aliphatic carbocycles. The molecule has 1 unspecified atom stereocenters. The summed E-state index contributed by atoms with van der Waals surface area (Å²) >= 11 is 0. The van der Waals surface area contributed by atoms with E-state index in [0.29, 0.717) is 19.0 Å². The lowest BCUT2D eigenvalue weighted by atomic mass is 10.1. The lowest BCUT2D eigenvalue weighted by molar-refractivity contribution is -0.117. The molecule has 26 heavy (non-hydrogen) atoms. The Morgan fingerprint density at radius 2 is 1.54 bits per heavy atom. The van der Waals surface area contributed by atoms with E-state index in [1.54, 1.807) is 0 Å². The van der Waals surface area contributed by atoms with Gasteiger partial charge in [0.2, 0.25) is 11.8 Å². The second-order valence-corrected chi connectivity index (χ2v) is 7.36. The minimum atomic E-state index is 0.0241. The lowest BCUT2D eigenvalue weighted by Gasteiger charge is -2.19. The van der Waals surface area contributed by atoms with E-state index in [-0.39, 0.29) is 11.8 Å². The summed E-state index contributed by atoms with van der Waals surface area (Å²) in [6.45, 7) is 3.47. The van der Waals surface area contributed by atoms with Gasteiger partial charge in [-0.3, -0.25) is 14.5 Å². The van der Waals surface area contributed by atoms with Crippen molar-refractivity contribution < 1.29 is 9.59 Å². The van der Waals surface area contributed by atoms with Gasteiger partial charge in [0.1, 0.15) is 0 Å². The zero-order valence-electron chi connectivity index (χ0n) is 15.4. The van der Waals surface area contributed by atoms with Gasteiger partial charge in [0.15, 0.2) is 0 Å². The quantitative estimate of drug-likeness (QED) is 0.731. The summed E-state index contributed by atoms with van der Waals surface area (Å²) in [5.74, 6) is 0.0540. The van der Waals surface area contributed by atoms with Gasteiger partial charge in [-0.25, -0.2) is 0 Å². The first-order chi connectivity index (χ1) is 12.7. The first-order valence-corrected chi connectivity index (χ1v) is 9.84. The topological polar surface area (TPSA) is 73.5 Å². The molecule has 3 rings (SSSR count). The van der Waals surface area contributed by atoms with E-state index in [4.69, 9.17) is 0 Å². The van der Waals surface area contributed by atoms with Crippen LogP contribution in [-0.2, 0) is 9.59 Å². The second-order valence-electron chi connectivity index (χ2n) is 7.36. The Balaban J connectivity index is 1.43. The van der Waals surface area contributed by atoms with Gasteiger partial charge in [-0.15, -0.1) is 0 Å². The van der Waals surface area contributed by atoms with Crippen molar-refractivity contribution in [1.82, 2.24) is 10.2 Å². The summed E-state index contributed by atoms with van der Waals surface area (Å²) in [6, 6.07) is 7.64. The van der Waals surface area contributed by atoms with E-state index < -0.39 is 0 Å². The van der Waals surface area contributed by atoms with Crippen molar-refractivity contribution in [2.24, 2.45) is 0 Å². The highest BCUT2D eigenvalue weighted by Gasteiger charge is 2.17. The minimum absolute atomic E-state index is 0.0241. The Labute approximate surface area is 155 Å². The number of anilines is 2. The molecule has 2 fully saturated rings. The Bertz CT molecular complexity index is 588. The fraction of sp³-hybridized carbons (Fsp3) is 0.600. The van der Waals surface area contributed by atoms with Crippen LogP contribution in [0, 0.1) is 0 Å². The SMILES string of the molecule is O=C(CC1CCCN1)Nc1ccc(NC(=O)CN2CCCCCC2)cc1. The van der Waals surface area contributed by atoms with E-state index in [2.05, 4.69) is 20.9 Å². The largest absolute Gasteiger partial charge is 0.326 e. The molecule has 3 N–H and O–H groups in total. The molecule has 2 saturated heterocycles. The molecule has 6 nitrogen and oxygen atoms in total. The van der Waals surface area contributed by atoms with Crippen LogP contribution in [0.1, 0.15) is 44.9 Å². The predicted octanol–water partition coefficient (Wildman–Crippen LogP) is 2.58. The standard InChI is InChI=1S/C20H30N4O2/c25-19(14-18-6-5-11-21-18)22-16-7-9-17(10-8-16)23-20(26)15-24-12-3-1-2-4-13-24/h7-10,18,21H,1-6,11-15H2,(H,22,25)(H,23,26). The van der Waals surface area contributed by atoms with Crippen molar-refractivity contribution in [3.8, 4) is 0 Å². The molecule has 6 heteroatoms. The number of amides is 2. The number of carbonyl (C=O) groups excluding carboxylic acids is 2. The van der Waals surface area contributed by atoms with Crippen molar-refractivity contribution in [3.63, 3.8) is 0 Å². The van der Waals surface area contributed by atoms with Gasteiger partial charge in [0.05, 0.1) is 6.54 Å². The minimum Gasteiger partial charge on any atom is -0.326 e. The van der Waals surface area contributed by atoms with E-state index in [1.807, 2.05) is 24.3 Å². The third-order valence-corrected chi connectivity index (χ3v) is 5.11. The van der Waals surface area contributed by atoms with Gasteiger partial charge in [-0.1, -0.05) is 12.8 Å². The van der Waals surface area contributed by atoms with Crippen LogP contribution in [0.5, 0.6) is 0 Å². The summed E-state index contributed by atoms with van der Waals surface area (Å²) in [7, 11) is 0. The van der Waals surface area contributed by atoms with Gasteiger partial charge in [-0.05, 0) is 69.6 Å². The predicted molar refractivity (Wildman–Crippen MR) is 104 cm³/mol. The number of carbonyl (C=O) groups is 2. The molecule has 0 spiro atoms. The maximum atomic E-state index is 12.2. The molecule has 2 amide bonds. The van der Waals surface area contributed by atoms with Gasteiger partial charge >= 0.3 is 0 Å². The van der Waals surface area contributed by atoms with Crippen molar-refractivity contribution in [2.45, 2.75) is 51.0 Å². The Kier molecular flexibility index (Phi) is 7.03. The number of hydrogen-bond donors (Lipinski definition) is 3. The maximum absolute atomic E-state index is 12.2. The van der Waals surface area contributed by atoms with Crippen LogP contribution in [0.3, 0.4) is 0 Å². The summed E-state index contributed by atoms with van der Waals surface area (Å²) in [5, 5.41) is 9.20. The highest BCUT2D eigenvalue weighted by atomic mass is 16.2. The summed E-state index contributed by atoms with van der Waals surface area (Å²) in [6.07, 6.45) is 7.60. The van der Waals surface area contributed by atoms with Crippen LogP contribution in [0.4, 0.5) is 11.4 Å². The molecular weight excluding hydrogens is 328 g/mol. The van der Waals surface area contributed by atoms with E-state index in [9.17, 15) is 9.59 Å². The first-order valence-electron chi connectivity index (χ1n) is 9.84. The smallest absolute Gasteiger partial charge is 0.238 e. The maximum Gasteiger partial charge on any atom is 0.238 e. The summed E-state index contributed by atoms with van der Waals surface area (Å²) in [5.41, 5.74) is 1.53. The highest BCUT2D eigenvalue weighted by molar-refractivity contribution is 5.93. The lowest BCUT2D eigenvalue weighted by Crippen LogP contribution is -2.33. The molecule has 2 aliphatic rings. The molecule has 0 radical (unpaired) electrons. The average molecular weight is 358 g/mol. The second kappa shape index (κ2) is 9.69. The number of nitrogens with zero attached hydrogens (tertiary/aromatic N) is 1. The normalized spacial score (nSPS) is 21.2. The van der Waals surface area contributed by atoms with Crippen molar-refractivity contribution >= 4 is 23.2 Å². The number of rotatable bonds is 6. The van der Waals surface area contributed by atoms with Crippen molar-refractivity contribution in [3.05, 3.63) is 24.3 Å². The third-order valence-electron chi connectivity index (χ3n) is 5.11. The summed E-state index contributed by atoms with van der Waals surface area (Å²) < 4.78 is 0. The van der Waals surface area contributed by atoms with Crippen LogP contribution >= 0.6 is 0 Å². The number of nitrogens with one attached hydrogen (secondary N) is 3. The monoisotopic (exact) mass is 358 g/mol. The molecule has 1 aromatic carbocycles. The molecule has 1 aromatic rings. The number of likely N-dealkylation sites (tertiary alicyclic amines) is 1. The fourth-order valence-corrected chi connectivity index (χ4v) is 3.70. The molecule has 1 atom stereocenters. The Morgan fingerprint density at radius 1 is 0.923 bits per heavy atom. The van der Waals surface area contributed by atoms with Gasteiger partial charge < -0.3 is 16.0 Å². The third kappa shape index (κ3) is 6.11. The van der Waals surface area contributed by atoms with E-state index in [1.165, 1.54) is 25.7 Å². The molecule has 2 heterocycles. The van der Waals surface area contributed by atoms with Crippen LogP contribution < -0.4 is 16.0 Å². The van der Waals surface area contributed by atoms with Gasteiger partial charge in [0.25, 0.3) is 0 Å². The fourth-order valence-electron chi connectivity index (χ4n) is 3.70. The molecular formula is C20H30N4O2. The zero-order chi connectivity index (χ0) is 18.2. The number of hydrogen-bond acceptors (Lipinski definition) is 4. The zero-order valence-corrected chi connectivity index (χ0v) is 15.4. The van der Waals surface area contributed by atoms with Crippen LogP contribution in [0.25, 0.3) is 0 Å². The highest BCUT2D eigenvalue weighted by Crippen LogP contribution is 2.16. The Hall–Kier alpha value is -1.92. The molecule has 0 bridgehead atoms. The molecule has 142 valence electrons. The van der Waals surface area contributed by atoms with Gasteiger partial charge in [0, 0.05) is 23.8 Å². The molecule has 0 saturated carbocycles. The van der Waals surface area contributed by atoms with Crippen LogP contribution in [0.15, 0.2) is 24.3 Å². The summed E-state index contributed by atoms with van der Waals surface area (Å²) in [4.78, 5) is 26.5. The van der Waals surface area contributed by atoms with E-state index in [0.717, 1.165) is 43.9 Å². The average Bonchev–Trinajstić information content (AvgIpc) is 2.99. The van der Waals surface area contributed by atoms with Crippen molar-refractivity contribution in [2.75, 3.05) is 36.8 Å². The Morgan fingerprint density at radius 3 is 2.12 bits per heavy atom. The van der Waals surface area contributed by atoms with Gasteiger partial charge in [-0.2, -0.15) is 0 Å².